The van der Waals surface area contributed by atoms with Crippen molar-refractivity contribution < 1.29 is 18.0 Å². The van der Waals surface area contributed by atoms with Crippen molar-refractivity contribution in [3.8, 4) is 11.3 Å². The van der Waals surface area contributed by atoms with E-state index in [9.17, 15) is 18.0 Å². The molecule has 1 saturated heterocycles. The molecule has 5 N–H and O–H groups in total. The van der Waals surface area contributed by atoms with Crippen LogP contribution in [0, 0.1) is 5.92 Å². The summed E-state index contributed by atoms with van der Waals surface area (Å²) in [5.74, 6) is -0.0681. The Morgan fingerprint density at radius 1 is 1.14 bits per heavy atom. The molecule has 2 unspecified atom stereocenters. The zero-order chi connectivity index (χ0) is 25.4. The molecule has 1 amide bonds. The first kappa shape index (κ1) is 24.1. The molecule has 3 heterocycles. The second kappa shape index (κ2) is 9.47. The SMILES string of the molecule is CNc1nc(-c2ccc3c(N)n[nH]c3c2)cc(N2CC(C(=O)NC3CCCC3)CCC2C(F)(F)F)n1. The fourth-order valence-electron chi connectivity index (χ4n) is 5.21. The van der Waals surface area contributed by atoms with Gasteiger partial charge in [0, 0.05) is 36.7 Å². The van der Waals surface area contributed by atoms with E-state index in [1.54, 1.807) is 25.2 Å². The third-order valence-corrected chi connectivity index (χ3v) is 7.15. The molecule has 2 aromatic heterocycles. The lowest BCUT2D eigenvalue weighted by atomic mass is 9.91. The molecule has 0 spiro atoms. The number of carbonyl (C=O) groups excluding carboxylic acids is 1. The number of amides is 1. The van der Waals surface area contributed by atoms with E-state index >= 15 is 0 Å². The molecular formula is C24H29F3N8O. The number of hydrogen-bond acceptors (Lipinski definition) is 7. The number of rotatable bonds is 5. The number of aromatic nitrogens is 4. The molecule has 9 nitrogen and oxygen atoms in total. The first-order valence-corrected chi connectivity index (χ1v) is 12.2. The zero-order valence-corrected chi connectivity index (χ0v) is 19.9. The molecule has 2 aliphatic rings. The highest BCUT2D eigenvalue weighted by Gasteiger charge is 2.48. The summed E-state index contributed by atoms with van der Waals surface area (Å²) < 4.78 is 42.3. The number of H-pyrrole nitrogens is 1. The summed E-state index contributed by atoms with van der Waals surface area (Å²) in [6, 6.07) is 5.27. The van der Waals surface area contributed by atoms with Crippen LogP contribution in [0.2, 0.25) is 0 Å². The predicted octanol–water partition coefficient (Wildman–Crippen LogP) is 3.85. The number of nitrogens with two attached hydrogens (primary N) is 1. The predicted molar refractivity (Wildman–Crippen MR) is 131 cm³/mol. The number of halogens is 3. The van der Waals surface area contributed by atoms with E-state index in [1.807, 2.05) is 0 Å². The Kier molecular flexibility index (Phi) is 6.35. The molecular weight excluding hydrogens is 473 g/mol. The third-order valence-electron chi connectivity index (χ3n) is 7.15. The monoisotopic (exact) mass is 502 g/mol. The van der Waals surface area contributed by atoms with Gasteiger partial charge in [0.2, 0.25) is 11.9 Å². The summed E-state index contributed by atoms with van der Waals surface area (Å²) in [4.78, 5) is 23.0. The number of fused-ring (bicyclic) bond motifs is 1. The maximum Gasteiger partial charge on any atom is 0.408 e. The van der Waals surface area contributed by atoms with Crippen molar-refractivity contribution >= 4 is 34.4 Å². The Morgan fingerprint density at radius 2 is 1.92 bits per heavy atom. The molecule has 0 radical (unpaired) electrons. The summed E-state index contributed by atoms with van der Waals surface area (Å²) in [5, 5.41) is 13.5. The summed E-state index contributed by atoms with van der Waals surface area (Å²) in [5.41, 5.74) is 7.65. The van der Waals surface area contributed by atoms with Gasteiger partial charge in [0.05, 0.1) is 17.1 Å². The summed E-state index contributed by atoms with van der Waals surface area (Å²) in [7, 11) is 1.61. The second-order valence-corrected chi connectivity index (χ2v) is 9.53. The Balaban J connectivity index is 1.48. The molecule has 1 aliphatic heterocycles. The fraction of sp³-hybridized carbons (Fsp3) is 0.500. The molecule has 12 heteroatoms. The van der Waals surface area contributed by atoms with Gasteiger partial charge in [0.15, 0.2) is 5.82 Å². The van der Waals surface area contributed by atoms with Gasteiger partial charge in [-0.2, -0.15) is 23.3 Å². The minimum Gasteiger partial charge on any atom is -0.382 e. The number of carbonyl (C=O) groups is 1. The quantitative estimate of drug-likeness (QED) is 0.418. The highest BCUT2D eigenvalue weighted by atomic mass is 19.4. The van der Waals surface area contributed by atoms with E-state index < -0.39 is 18.1 Å². The van der Waals surface area contributed by atoms with E-state index in [0.717, 1.165) is 31.1 Å². The number of aromatic amines is 1. The number of nitrogens with zero attached hydrogens (tertiary/aromatic N) is 4. The van der Waals surface area contributed by atoms with Crippen LogP contribution in [-0.2, 0) is 4.79 Å². The molecule has 3 aromatic rings. The molecule has 192 valence electrons. The van der Waals surface area contributed by atoms with Crippen LogP contribution in [0.5, 0.6) is 0 Å². The van der Waals surface area contributed by atoms with Gasteiger partial charge < -0.3 is 21.3 Å². The zero-order valence-electron chi connectivity index (χ0n) is 19.9. The van der Waals surface area contributed by atoms with Crippen molar-refractivity contribution in [2.45, 2.75) is 56.8 Å². The van der Waals surface area contributed by atoms with Crippen LogP contribution in [0.3, 0.4) is 0 Å². The van der Waals surface area contributed by atoms with Gasteiger partial charge in [-0.1, -0.05) is 18.9 Å². The third kappa shape index (κ3) is 4.76. The van der Waals surface area contributed by atoms with Crippen molar-refractivity contribution in [2.24, 2.45) is 5.92 Å². The van der Waals surface area contributed by atoms with Crippen LogP contribution >= 0.6 is 0 Å². The number of anilines is 3. The summed E-state index contributed by atoms with van der Waals surface area (Å²) >= 11 is 0. The van der Waals surface area contributed by atoms with Gasteiger partial charge in [-0.15, -0.1) is 0 Å². The molecule has 2 atom stereocenters. The van der Waals surface area contributed by atoms with E-state index in [0.29, 0.717) is 22.6 Å². The summed E-state index contributed by atoms with van der Waals surface area (Å²) in [6.07, 6.45) is -0.518. The number of alkyl halides is 3. The lowest BCUT2D eigenvalue weighted by Gasteiger charge is -2.41. The second-order valence-electron chi connectivity index (χ2n) is 9.53. The molecule has 1 aromatic carbocycles. The van der Waals surface area contributed by atoms with Gasteiger partial charge in [0.1, 0.15) is 11.9 Å². The lowest BCUT2D eigenvalue weighted by Crippen LogP contribution is -2.54. The molecule has 36 heavy (non-hydrogen) atoms. The van der Waals surface area contributed by atoms with Crippen LogP contribution in [0.1, 0.15) is 38.5 Å². The largest absolute Gasteiger partial charge is 0.408 e. The Morgan fingerprint density at radius 3 is 2.64 bits per heavy atom. The van der Waals surface area contributed by atoms with Crippen molar-refractivity contribution in [1.29, 1.82) is 0 Å². The first-order chi connectivity index (χ1) is 17.2. The minimum absolute atomic E-state index is 0.0710. The van der Waals surface area contributed by atoms with Crippen molar-refractivity contribution in [2.75, 3.05) is 29.5 Å². The number of nitrogen functional groups attached to an aromatic ring is 1. The maximum atomic E-state index is 14.1. The molecule has 0 bridgehead atoms. The van der Waals surface area contributed by atoms with Gasteiger partial charge in [-0.3, -0.25) is 9.89 Å². The molecule has 1 saturated carbocycles. The van der Waals surface area contributed by atoms with Gasteiger partial charge >= 0.3 is 6.18 Å². The van der Waals surface area contributed by atoms with Crippen LogP contribution in [-0.4, -0.2) is 57.9 Å². The van der Waals surface area contributed by atoms with Crippen LogP contribution in [0.4, 0.5) is 30.8 Å². The highest BCUT2D eigenvalue weighted by molar-refractivity contribution is 5.91. The number of hydrogen-bond donors (Lipinski definition) is 4. The fourth-order valence-corrected chi connectivity index (χ4v) is 5.21. The van der Waals surface area contributed by atoms with Crippen molar-refractivity contribution in [3.05, 3.63) is 24.3 Å². The van der Waals surface area contributed by atoms with Gasteiger partial charge in [-0.05, 0) is 37.8 Å². The van der Waals surface area contributed by atoms with Gasteiger partial charge in [0.25, 0.3) is 0 Å². The lowest BCUT2D eigenvalue weighted by molar-refractivity contribution is -0.156. The Hall–Kier alpha value is -3.57. The average Bonchev–Trinajstić information content (AvgIpc) is 3.52. The summed E-state index contributed by atoms with van der Waals surface area (Å²) in [6.45, 7) is -0.0710. The smallest absolute Gasteiger partial charge is 0.382 e. The van der Waals surface area contributed by atoms with E-state index in [1.165, 1.54) is 11.0 Å². The molecule has 2 fully saturated rings. The van der Waals surface area contributed by atoms with Crippen LogP contribution in [0.25, 0.3) is 22.2 Å². The van der Waals surface area contributed by atoms with E-state index in [2.05, 4.69) is 30.8 Å². The number of nitrogens with one attached hydrogen (secondary N) is 3. The average molecular weight is 503 g/mol. The van der Waals surface area contributed by atoms with Crippen LogP contribution in [0.15, 0.2) is 24.3 Å². The van der Waals surface area contributed by atoms with Crippen molar-refractivity contribution in [3.63, 3.8) is 0 Å². The minimum atomic E-state index is -4.47. The standard InChI is InChI=1S/C24H29F3N8O/c1-29-23-31-17(13-6-8-16-18(10-13)33-34-21(16)28)11-20(32-23)35-12-14(7-9-19(35)24(25,26)27)22(36)30-15-4-2-3-5-15/h6,8,10-11,14-15,19H,2-5,7,9,12H2,1H3,(H,30,36)(H3,28,33,34)(H,29,31,32). The first-order valence-electron chi connectivity index (χ1n) is 12.2. The number of piperidine rings is 1. The Bertz CT molecular complexity index is 1250. The molecule has 5 rings (SSSR count). The maximum absolute atomic E-state index is 14.1. The highest BCUT2D eigenvalue weighted by Crippen LogP contribution is 2.38. The van der Waals surface area contributed by atoms with E-state index in [-0.39, 0.29) is 43.1 Å². The molecule has 1 aliphatic carbocycles. The topological polar surface area (TPSA) is 125 Å². The number of benzene rings is 1. The Labute approximate surface area is 206 Å². The van der Waals surface area contributed by atoms with Crippen molar-refractivity contribution in [1.82, 2.24) is 25.5 Å². The van der Waals surface area contributed by atoms with E-state index in [4.69, 9.17) is 5.73 Å². The normalized spacial score (nSPS) is 21.2. The van der Waals surface area contributed by atoms with Gasteiger partial charge in [-0.25, -0.2) is 4.98 Å². The van der Waals surface area contributed by atoms with Crippen LogP contribution < -0.4 is 21.3 Å².